The Kier molecular flexibility index (Phi) is 6.44. The third-order valence-corrected chi connectivity index (χ3v) is 4.81. The molecule has 2 unspecified atom stereocenters. The average Bonchev–Trinajstić information content (AvgIpc) is 2.65. The number of azo groups is 1. The van der Waals surface area contributed by atoms with Crippen molar-refractivity contribution in [3.05, 3.63) is 57.6 Å². The summed E-state index contributed by atoms with van der Waals surface area (Å²) in [7, 11) is 0. The van der Waals surface area contributed by atoms with Crippen molar-refractivity contribution in [2.24, 2.45) is 10.2 Å². The Hall–Kier alpha value is -2.76. The van der Waals surface area contributed by atoms with E-state index in [2.05, 4.69) is 37.9 Å². The summed E-state index contributed by atoms with van der Waals surface area (Å²) in [6.45, 7) is 8.34. The zero-order valence-electron chi connectivity index (χ0n) is 15.6. The van der Waals surface area contributed by atoms with E-state index in [9.17, 15) is 15.2 Å². The largest absolute Gasteiger partial charge is 0.505 e. The van der Waals surface area contributed by atoms with Crippen LogP contribution in [0.1, 0.15) is 63.5 Å². The van der Waals surface area contributed by atoms with Crippen LogP contribution in [0, 0.1) is 10.1 Å². The van der Waals surface area contributed by atoms with Crippen LogP contribution >= 0.6 is 0 Å². The Balaban J connectivity index is 2.53. The van der Waals surface area contributed by atoms with Crippen molar-refractivity contribution < 1.29 is 10.0 Å². The lowest BCUT2D eigenvalue weighted by Crippen LogP contribution is -1.98. The molecule has 26 heavy (non-hydrogen) atoms. The molecule has 0 fully saturated rings. The molecule has 2 aromatic rings. The summed E-state index contributed by atoms with van der Waals surface area (Å²) < 4.78 is 0. The Morgan fingerprint density at radius 3 is 2.27 bits per heavy atom. The zero-order valence-corrected chi connectivity index (χ0v) is 15.6. The molecule has 0 saturated carbocycles. The SMILES string of the molecule is CCC(C)c1cc(N=Nc2ccccc2[N+](=O)[O-])c(O)c(C(C)CC)c1. The topological polar surface area (TPSA) is 88.1 Å². The molecule has 0 aliphatic heterocycles. The summed E-state index contributed by atoms with van der Waals surface area (Å²) in [5, 5.41) is 29.9. The molecule has 0 spiro atoms. The van der Waals surface area contributed by atoms with Gasteiger partial charge >= 0.3 is 0 Å². The van der Waals surface area contributed by atoms with Crippen molar-refractivity contribution >= 4 is 17.1 Å². The van der Waals surface area contributed by atoms with Gasteiger partial charge in [-0.25, -0.2) is 0 Å². The number of nitrogens with zero attached hydrogens (tertiary/aromatic N) is 3. The quantitative estimate of drug-likeness (QED) is 0.339. The predicted octanol–water partition coefficient (Wildman–Crippen LogP) is 6.74. The first kappa shape index (κ1) is 19.6. The fourth-order valence-electron chi connectivity index (χ4n) is 2.67. The van der Waals surface area contributed by atoms with Crippen LogP contribution in [0.25, 0.3) is 0 Å². The van der Waals surface area contributed by atoms with E-state index in [1.165, 1.54) is 12.1 Å². The minimum atomic E-state index is -0.492. The zero-order chi connectivity index (χ0) is 19.3. The van der Waals surface area contributed by atoms with Crippen molar-refractivity contribution in [3.8, 4) is 5.75 Å². The van der Waals surface area contributed by atoms with Gasteiger partial charge in [-0.3, -0.25) is 10.1 Å². The maximum atomic E-state index is 11.1. The lowest BCUT2D eigenvalue weighted by atomic mass is 9.90. The van der Waals surface area contributed by atoms with E-state index in [4.69, 9.17) is 0 Å². The first-order valence-corrected chi connectivity index (χ1v) is 8.90. The lowest BCUT2D eigenvalue weighted by molar-refractivity contribution is -0.384. The summed E-state index contributed by atoms with van der Waals surface area (Å²) in [6.07, 6.45) is 1.85. The number of nitro groups is 1. The Labute approximate surface area is 153 Å². The fourth-order valence-corrected chi connectivity index (χ4v) is 2.67. The van der Waals surface area contributed by atoms with Crippen LogP contribution < -0.4 is 0 Å². The minimum Gasteiger partial charge on any atom is -0.505 e. The molecule has 2 rings (SSSR count). The summed E-state index contributed by atoms with van der Waals surface area (Å²) in [5.74, 6) is 0.589. The summed E-state index contributed by atoms with van der Waals surface area (Å²) in [5.41, 5.74) is 2.31. The maximum Gasteiger partial charge on any atom is 0.296 e. The number of hydrogen-bond acceptors (Lipinski definition) is 5. The third-order valence-electron chi connectivity index (χ3n) is 4.81. The molecule has 6 nitrogen and oxygen atoms in total. The van der Waals surface area contributed by atoms with Crippen LogP contribution in [0.4, 0.5) is 17.1 Å². The van der Waals surface area contributed by atoms with Gasteiger partial charge in [0.05, 0.1) is 4.92 Å². The Morgan fingerprint density at radius 2 is 1.65 bits per heavy atom. The van der Waals surface area contributed by atoms with Gasteiger partial charge in [-0.2, -0.15) is 0 Å². The van der Waals surface area contributed by atoms with Crippen LogP contribution in [0.2, 0.25) is 0 Å². The molecule has 0 heterocycles. The Morgan fingerprint density at radius 1 is 1.04 bits per heavy atom. The molecule has 2 aromatic carbocycles. The lowest BCUT2D eigenvalue weighted by Gasteiger charge is -2.17. The molecular weight excluding hydrogens is 330 g/mol. The normalized spacial score (nSPS) is 13.7. The van der Waals surface area contributed by atoms with Crippen molar-refractivity contribution in [2.45, 2.75) is 52.4 Å². The maximum absolute atomic E-state index is 11.1. The predicted molar refractivity (Wildman–Crippen MR) is 103 cm³/mol. The van der Waals surface area contributed by atoms with E-state index in [-0.39, 0.29) is 23.0 Å². The molecule has 0 aliphatic rings. The van der Waals surface area contributed by atoms with Crippen molar-refractivity contribution in [1.29, 1.82) is 0 Å². The molecule has 2 atom stereocenters. The molecule has 0 aromatic heterocycles. The van der Waals surface area contributed by atoms with Gasteiger partial charge in [-0.15, -0.1) is 10.2 Å². The molecular formula is C20H25N3O3. The summed E-state index contributed by atoms with van der Waals surface area (Å²) in [4.78, 5) is 10.6. The highest BCUT2D eigenvalue weighted by Gasteiger charge is 2.17. The van der Waals surface area contributed by atoms with Gasteiger partial charge < -0.3 is 5.11 Å². The minimum absolute atomic E-state index is 0.0914. The van der Waals surface area contributed by atoms with Gasteiger partial charge in [0.2, 0.25) is 0 Å². The molecule has 0 radical (unpaired) electrons. The molecule has 0 bridgehead atoms. The van der Waals surface area contributed by atoms with E-state index in [1.54, 1.807) is 12.1 Å². The number of phenols is 1. The smallest absolute Gasteiger partial charge is 0.296 e. The van der Waals surface area contributed by atoms with Crippen molar-refractivity contribution in [2.75, 3.05) is 0 Å². The highest BCUT2D eigenvalue weighted by Crippen LogP contribution is 2.40. The monoisotopic (exact) mass is 355 g/mol. The summed E-state index contributed by atoms with van der Waals surface area (Å²) in [6, 6.07) is 10.0. The fraction of sp³-hybridized carbons (Fsp3) is 0.400. The number of rotatable bonds is 7. The second kappa shape index (κ2) is 8.56. The average molecular weight is 355 g/mol. The van der Waals surface area contributed by atoms with Gasteiger partial charge in [0, 0.05) is 6.07 Å². The van der Waals surface area contributed by atoms with E-state index in [0.29, 0.717) is 11.6 Å². The molecule has 0 aliphatic carbocycles. The second-order valence-corrected chi connectivity index (χ2v) is 6.54. The van der Waals surface area contributed by atoms with Gasteiger partial charge in [0.1, 0.15) is 11.4 Å². The van der Waals surface area contributed by atoms with E-state index in [1.807, 2.05) is 12.1 Å². The van der Waals surface area contributed by atoms with Crippen LogP contribution in [0.15, 0.2) is 46.6 Å². The molecule has 1 N–H and O–H groups in total. The van der Waals surface area contributed by atoms with Crippen molar-refractivity contribution in [3.63, 3.8) is 0 Å². The first-order valence-electron chi connectivity index (χ1n) is 8.90. The number of para-hydroxylation sites is 1. The number of phenolic OH excluding ortho intramolecular Hbond substituents is 1. The molecule has 138 valence electrons. The number of hydrogen-bond donors (Lipinski definition) is 1. The van der Waals surface area contributed by atoms with Crippen LogP contribution in [0.5, 0.6) is 5.75 Å². The van der Waals surface area contributed by atoms with E-state index < -0.39 is 4.92 Å². The highest BCUT2D eigenvalue weighted by atomic mass is 16.6. The van der Waals surface area contributed by atoms with Crippen LogP contribution in [-0.4, -0.2) is 10.0 Å². The van der Waals surface area contributed by atoms with E-state index in [0.717, 1.165) is 24.0 Å². The Bertz CT molecular complexity index is 818. The number of aromatic hydroxyl groups is 1. The number of benzene rings is 2. The van der Waals surface area contributed by atoms with Crippen molar-refractivity contribution in [1.82, 2.24) is 0 Å². The van der Waals surface area contributed by atoms with Gasteiger partial charge in [0.15, 0.2) is 5.69 Å². The molecule has 6 heteroatoms. The van der Waals surface area contributed by atoms with Gasteiger partial charge in [0.25, 0.3) is 5.69 Å². The highest BCUT2D eigenvalue weighted by molar-refractivity contribution is 5.60. The number of nitro benzene ring substituents is 1. The first-order chi connectivity index (χ1) is 12.4. The van der Waals surface area contributed by atoms with Crippen LogP contribution in [-0.2, 0) is 0 Å². The van der Waals surface area contributed by atoms with Gasteiger partial charge in [-0.05, 0) is 47.9 Å². The van der Waals surface area contributed by atoms with Crippen LogP contribution in [0.3, 0.4) is 0 Å². The van der Waals surface area contributed by atoms with E-state index >= 15 is 0 Å². The molecule has 0 saturated heterocycles. The standard InChI is InChI=1S/C20H25N3O3/c1-5-13(3)15-11-16(14(4)6-2)20(24)18(12-15)22-21-17-9-7-8-10-19(17)23(25)26/h7-14,24H,5-6H2,1-4H3. The molecule has 0 amide bonds. The second-order valence-electron chi connectivity index (χ2n) is 6.54. The van der Waals surface area contributed by atoms with Gasteiger partial charge in [-0.1, -0.05) is 45.9 Å². The summed E-state index contributed by atoms with van der Waals surface area (Å²) >= 11 is 0. The third kappa shape index (κ3) is 4.25.